The third-order valence-electron chi connectivity index (χ3n) is 2.89. The minimum Gasteiger partial charge on any atom is -0.462 e. The molecule has 1 aromatic carbocycles. The van der Waals surface area contributed by atoms with Crippen LogP contribution in [0.2, 0.25) is 0 Å². The summed E-state index contributed by atoms with van der Waals surface area (Å²) in [5, 5.41) is 0. The molecule has 6 nitrogen and oxygen atoms in total. The lowest BCUT2D eigenvalue weighted by Crippen LogP contribution is -2.19. The third-order valence-corrected chi connectivity index (χ3v) is 2.89. The molecule has 1 aromatic rings. The first-order valence-corrected chi connectivity index (χ1v) is 6.62. The zero-order chi connectivity index (χ0) is 15.4. The van der Waals surface area contributed by atoms with Crippen LogP contribution in [0, 0.1) is 0 Å². The number of amidine groups is 1. The molecule has 0 unspecified atom stereocenters. The number of esters is 2. The number of ether oxygens (including phenoxy) is 2. The summed E-state index contributed by atoms with van der Waals surface area (Å²) in [7, 11) is 0. The van der Waals surface area contributed by atoms with Crippen LogP contribution in [-0.4, -0.2) is 31.0 Å². The molecule has 0 spiro atoms. The number of aliphatic imine (C=N–C) groups is 1. The molecular weight excluding hydrogens is 272 g/mol. The molecule has 110 valence electrons. The number of nitrogens with two attached hydrogens (primary N) is 1. The highest BCUT2D eigenvalue weighted by molar-refractivity contribution is 6.23. The summed E-state index contributed by atoms with van der Waals surface area (Å²) in [5.41, 5.74) is 7.09. The number of benzene rings is 1. The van der Waals surface area contributed by atoms with Gasteiger partial charge in [0.25, 0.3) is 0 Å². The molecule has 0 aliphatic carbocycles. The van der Waals surface area contributed by atoms with Crippen molar-refractivity contribution >= 4 is 23.5 Å². The average molecular weight is 288 g/mol. The van der Waals surface area contributed by atoms with Gasteiger partial charge in [-0.05, 0) is 13.8 Å². The maximum Gasteiger partial charge on any atom is 0.347 e. The van der Waals surface area contributed by atoms with Crippen molar-refractivity contribution in [1.82, 2.24) is 0 Å². The lowest BCUT2D eigenvalue weighted by molar-refractivity contribution is -0.146. The van der Waals surface area contributed by atoms with E-state index in [2.05, 4.69) is 4.99 Å². The van der Waals surface area contributed by atoms with E-state index in [1.165, 1.54) is 0 Å². The molecule has 0 atom stereocenters. The Labute approximate surface area is 122 Å². The summed E-state index contributed by atoms with van der Waals surface area (Å²) in [6.07, 6.45) is 0. The molecule has 0 saturated heterocycles. The Balaban J connectivity index is 2.59. The first kappa shape index (κ1) is 14.8. The van der Waals surface area contributed by atoms with Crippen molar-refractivity contribution in [2.45, 2.75) is 13.8 Å². The number of nitrogens with zero attached hydrogens (tertiary/aromatic N) is 1. The number of hydrogen-bond acceptors (Lipinski definition) is 6. The second-order valence-corrected chi connectivity index (χ2v) is 4.21. The van der Waals surface area contributed by atoms with Gasteiger partial charge in [-0.3, -0.25) is 0 Å². The van der Waals surface area contributed by atoms with Crippen molar-refractivity contribution < 1.29 is 19.1 Å². The molecule has 1 heterocycles. The summed E-state index contributed by atoms with van der Waals surface area (Å²) in [5.74, 6) is -1.27. The molecule has 0 fully saturated rings. The number of carbonyl (C=O) groups excluding carboxylic acids is 2. The number of carbonyl (C=O) groups is 2. The monoisotopic (exact) mass is 288 g/mol. The van der Waals surface area contributed by atoms with Gasteiger partial charge in [0.15, 0.2) is 5.57 Å². The predicted molar refractivity (Wildman–Crippen MR) is 77.4 cm³/mol. The average Bonchev–Trinajstić information content (AvgIpc) is 2.78. The summed E-state index contributed by atoms with van der Waals surface area (Å²) in [6.45, 7) is 3.61. The molecule has 0 bridgehead atoms. The number of fused-ring (bicyclic) bond motifs is 1. The molecule has 0 saturated carbocycles. The SMILES string of the molecule is CCOC(=O)C(C(=O)OCC)=C1N=C(N)c2ccccc21. The van der Waals surface area contributed by atoms with Crippen LogP contribution in [-0.2, 0) is 19.1 Å². The van der Waals surface area contributed by atoms with Gasteiger partial charge in [0.1, 0.15) is 5.84 Å². The van der Waals surface area contributed by atoms with E-state index < -0.39 is 11.9 Å². The second kappa shape index (κ2) is 6.21. The quantitative estimate of drug-likeness (QED) is 0.389. The van der Waals surface area contributed by atoms with Crippen molar-refractivity contribution in [2.24, 2.45) is 10.7 Å². The van der Waals surface area contributed by atoms with Gasteiger partial charge >= 0.3 is 11.9 Å². The van der Waals surface area contributed by atoms with Crippen LogP contribution in [0.4, 0.5) is 0 Å². The summed E-state index contributed by atoms with van der Waals surface area (Å²) >= 11 is 0. The van der Waals surface area contributed by atoms with Crippen LogP contribution in [0.3, 0.4) is 0 Å². The van der Waals surface area contributed by atoms with Crippen molar-refractivity contribution in [2.75, 3.05) is 13.2 Å². The number of hydrogen-bond donors (Lipinski definition) is 1. The lowest BCUT2D eigenvalue weighted by atomic mass is 10.0. The zero-order valence-electron chi connectivity index (χ0n) is 11.9. The minimum absolute atomic E-state index is 0.149. The molecule has 0 amide bonds. The highest BCUT2D eigenvalue weighted by atomic mass is 16.6. The third kappa shape index (κ3) is 2.79. The van der Waals surface area contributed by atoms with E-state index in [1.54, 1.807) is 38.1 Å². The normalized spacial score (nSPS) is 12.5. The van der Waals surface area contributed by atoms with Gasteiger partial charge in [0, 0.05) is 11.1 Å². The van der Waals surface area contributed by atoms with E-state index in [9.17, 15) is 9.59 Å². The van der Waals surface area contributed by atoms with Gasteiger partial charge in [-0.1, -0.05) is 24.3 Å². The van der Waals surface area contributed by atoms with Crippen molar-refractivity contribution in [1.29, 1.82) is 0 Å². The van der Waals surface area contributed by atoms with Crippen LogP contribution < -0.4 is 5.73 Å². The summed E-state index contributed by atoms with van der Waals surface area (Å²) in [6, 6.07) is 7.10. The lowest BCUT2D eigenvalue weighted by Gasteiger charge is -2.09. The van der Waals surface area contributed by atoms with E-state index in [-0.39, 0.29) is 30.3 Å². The highest BCUT2D eigenvalue weighted by Crippen LogP contribution is 2.30. The maximum absolute atomic E-state index is 12.1. The van der Waals surface area contributed by atoms with Crippen molar-refractivity contribution in [3.05, 3.63) is 41.0 Å². The Morgan fingerprint density at radius 3 is 2.10 bits per heavy atom. The Bertz CT molecular complexity index is 627. The number of rotatable bonds is 4. The molecule has 2 rings (SSSR count). The Morgan fingerprint density at radius 2 is 1.57 bits per heavy atom. The van der Waals surface area contributed by atoms with Crippen LogP contribution >= 0.6 is 0 Å². The van der Waals surface area contributed by atoms with E-state index in [4.69, 9.17) is 15.2 Å². The fourth-order valence-electron chi connectivity index (χ4n) is 2.03. The van der Waals surface area contributed by atoms with Gasteiger partial charge in [-0.15, -0.1) is 0 Å². The minimum atomic E-state index is -0.765. The largest absolute Gasteiger partial charge is 0.462 e. The summed E-state index contributed by atoms with van der Waals surface area (Å²) < 4.78 is 9.85. The van der Waals surface area contributed by atoms with Crippen molar-refractivity contribution in [3.63, 3.8) is 0 Å². The molecule has 1 aliphatic heterocycles. The van der Waals surface area contributed by atoms with Crippen LogP contribution in [0.25, 0.3) is 5.70 Å². The smallest absolute Gasteiger partial charge is 0.347 e. The second-order valence-electron chi connectivity index (χ2n) is 4.21. The topological polar surface area (TPSA) is 91.0 Å². The van der Waals surface area contributed by atoms with Gasteiger partial charge < -0.3 is 15.2 Å². The van der Waals surface area contributed by atoms with E-state index >= 15 is 0 Å². The Hall–Kier alpha value is -2.63. The Morgan fingerprint density at radius 1 is 1.05 bits per heavy atom. The first-order chi connectivity index (χ1) is 10.1. The van der Waals surface area contributed by atoms with Crippen LogP contribution in [0.1, 0.15) is 25.0 Å². The molecular formula is C15H16N2O4. The van der Waals surface area contributed by atoms with Crippen molar-refractivity contribution in [3.8, 4) is 0 Å². The van der Waals surface area contributed by atoms with Gasteiger partial charge in [-0.25, -0.2) is 14.6 Å². The van der Waals surface area contributed by atoms with Gasteiger partial charge in [0.2, 0.25) is 0 Å². The standard InChI is InChI=1S/C15H16N2O4/c1-3-20-14(18)11(15(19)21-4-2)12-9-7-5-6-8-10(9)13(16)17-12/h5-8H,3-4H2,1-2H3,(H2,16,17). The van der Waals surface area contributed by atoms with E-state index in [0.717, 1.165) is 0 Å². The van der Waals surface area contributed by atoms with Crippen LogP contribution in [0.5, 0.6) is 0 Å². The molecule has 1 aliphatic rings. The van der Waals surface area contributed by atoms with E-state index in [1.807, 2.05) is 0 Å². The molecule has 21 heavy (non-hydrogen) atoms. The molecule has 2 N–H and O–H groups in total. The maximum atomic E-state index is 12.1. The Kier molecular flexibility index (Phi) is 4.37. The fraction of sp³-hybridized carbons (Fsp3) is 0.267. The first-order valence-electron chi connectivity index (χ1n) is 6.62. The van der Waals surface area contributed by atoms with Gasteiger partial charge in [-0.2, -0.15) is 0 Å². The van der Waals surface area contributed by atoms with E-state index in [0.29, 0.717) is 11.1 Å². The zero-order valence-corrected chi connectivity index (χ0v) is 11.9. The summed E-state index contributed by atoms with van der Waals surface area (Å²) in [4.78, 5) is 28.3. The molecule has 0 radical (unpaired) electrons. The molecule has 0 aromatic heterocycles. The van der Waals surface area contributed by atoms with Gasteiger partial charge in [0.05, 0.1) is 18.9 Å². The highest BCUT2D eigenvalue weighted by Gasteiger charge is 2.31. The molecule has 6 heteroatoms. The fourth-order valence-corrected chi connectivity index (χ4v) is 2.03. The predicted octanol–water partition coefficient (Wildman–Crippen LogP) is 1.24. The van der Waals surface area contributed by atoms with Crippen LogP contribution in [0.15, 0.2) is 34.8 Å².